The molecule has 1 aliphatic carbocycles. The SMILES string of the molecule is CC(C)CNc1nc2c(ncn2[C@@H]2O[C@@H]3COP(=O)(O)O[C@@H]4[C@@H](COP(C)(=S)O[C@@H]2[C@@H]3C)C[C@@H](n2ccc3c(NC(=O)c5ccccc5)ncnc32)[C@@H]4C)c(=O)[nH]1. The van der Waals surface area contributed by atoms with Gasteiger partial charge in [-0.1, -0.05) is 45.9 Å². The molecule has 2 unspecified atom stereocenters. The number of phosphoric acid groups is 1. The molecule has 2 bridgehead atoms. The second kappa shape index (κ2) is 15.7. The molecular weight excluding hydrogens is 796 g/mol. The maximum Gasteiger partial charge on any atom is 0.472 e. The summed E-state index contributed by atoms with van der Waals surface area (Å²) in [5.41, 5.74) is 1.02. The molecule has 3 fully saturated rings. The summed E-state index contributed by atoms with van der Waals surface area (Å²) >= 11 is 6.02. The number of hydrogen-bond donors (Lipinski definition) is 4. The van der Waals surface area contributed by atoms with Crippen molar-refractivity contribution in [1.29, 1.82) is 0 Å². The lowest BCUT2D eigenvalue weighted by molar-refractivity contribution is -0.0506. The third-order valence-corrected chi connectivity index (χ3v) is 13.6. The minimum atomic E-state index is -4.66. The number of fused-ring (bicyclic) bond motifs is 5. The van der Waals surface area contributed by atoms with Crippen LogP contribution in [-0.2, 0) is 39.2 Å². The summed E-state index contributed by atoms with van der Waals surface area (Å²) in [6, 6.07) is 10.4. The molecule has 18 nitrogen and oxygen atoms in total. The normalized spacial score (nSPS) is 32.1. The first-order valence-corrected chi connectivity index (χ1v) is 23.4. The molecule has 21 heteroatoms. The fourth-order valence-electron chi connectivity index (χ4n) is 7.87. The Morgan fingerprint density at radius 2 is 1.82 bits per heavy atom. The van der Waals surface area contributed by atoms with Crippen LogP contribution >= 0.6 is 14.3 Å². The molecule has 8 rings (SSSR count). The van der Waals surface area contributed by atoms with Gasteiger partial charge in [0.2, 0.25) is 5.95 Å². The van der Waals surface area contributed by atoms with Crippen LogP contribution in [0.3, 0.4) is 0 Å². The molecule has 4 N–H and O–H groups in total. The van der Waals surface area contributed by atoms with E-state index in [1.54, 1.807) is 35.5 Å². The summed E-state index contributed by atoms with van der Waals surface area (Å²) in [5, 5.41) is 6.67. The number of H-pyrrole nitrogens is 1. The molecule has 304 valence electrons. The van der Waals surface area contributed by atoms with Gasteiger partial charge in [-0.05, 0) is 42.3 Å². The second-order valence-electron chi connectivity index (χ2n) is 15.3. The van der Waals surface area contributed by atoms with E-state index in [-0.39, 0.29) is 48.2 Å². The Bertz CT molecular complexity index is 2450. The molecule has 10 atom stereocenters. The van der Waals surface area contributed by atoms with E-state index in [2.05, 4.69) is 35.6 Å². The Morgan fingerprint density at radius 1 is 1.04 bits per heavy atom. The number of benzene rings is 1. The van der Waals surface area contributed by atoms with Crippen LogP contribution in [0, 0.1) is 23.7 Å². The zero-order valence-electron chi connectivity index (χ0n) is 31.9. The van der Waals surface area contributed by atoms with Gasteiger partial charge in [0, 0.05) is 48.8 Å². The number of amides is 1. The molecule has 1 amide bonds. The van der Waals surface area contributed by atoms with Crippen LogP contribution in [0.25, 0.3) is 22.2 Å². The Labute approximate surface area is 332 Å². The van der Waals surface area contributed by atoms with E-state index in [4.69, 9.17) is 34.6 Å². The minimum Gasteiger partial charge on any atom is -0.355 e. The molecule has 1 aromatic carbocycles. The Balaban J connectivity index is 1.06. The van der Waals surface area contributed by atoms with E-state index in [9.17, 15) is 19.0 Å². The maximum absolute atomic E-state index is 13.7. The van der Waals surface area contributed by atoms with Crippen molar-refractivity contribution in [2.75, 3.05) is 37.1 Å². The van der Waals surface area contributed by atoms with Crippen molar-refractivity contribution in [3.8, 4) is 0 Å². The number of rotatable bonds is 7. The highest BCUT2D eigenvalue weighted by Gasteiger charge is 2.50. The largest absolute Gasteiger partial charge is 0.472 e. The number of carbonyl (C=O) groups excluding carboxylic acids is 1. The highest BCUT2D eigenvalue weighted by molar-refractivity contribution is 8.09. The molecular formula is C36H45N9O9P2S. The number of nitrogens with one attached hydrogen (secondary N) is 3. The number of phosphoric ester groups is 1. The third-order valence-electron chi connectivity index (χ3n) is 10.8. The molecule has 6 heterocycles. The Kier molecular flexibility index (Phi) is 11.0. The number of imidazole rings is 1. The van der Waals surface area contributed by atoms with E-state index in [1.807, 2.05) is 50.6 Å². The van der Waals surface area contributed by atoms with Crippen molar-refractivity contribution in [3.63, 3.8) is 0 Å². The number of hydrogen-bond acceptors (Lipinski definition) is 14. The van der Waals surface area contributed by atoms with Crippen LogP contribution in [0.5, 0.6) is 0 Å². The number of carbonyl (C=O) groups is 1. The van der Waals surface area contributed by atoms with Gasteiger partial charge in [-0.25, -0.2) is 19.5 Å². The van der Waals surface area contributed by atoms with Gasteiger partial charge in [0.15, 0.2) is 23.9 Å². The van der Waals surface area contributed by atoms with Gasteiger partial charge in [0.25, 0.3) is 11.5 Å². The monoisotopic (exact) mass is 841 g/mol. The van der Waals surface area contributed by atoms with Crippen LogP contribution < -0.4 is 16.2 Å². The number of anilines is 2. The summed E-state index contributed by atoms with van der Waals surface area (Å²) in [5.74, 6) is -0.496. The zero-order valence-corrected chi connectivity index (χ0v) is 34.5. The highest BCUT2D eigenvalue weighted by atomic mass is 32.5. The number of aromatic amines is 1. The minimum absolute atomic E-state index is 0.0672. The van der Waals surface area contributed by atoms with Gasteiger partial charge < -0.3 is 33.9 Å². The number of ether oxygens (including phenoxy) is 1. The van der Waals surface area contributed by atoms with Gasteiger partial charge in [-0.3, -0.25) is 28.2 Å². The van der Waals surface area contributed by atoms with Gasteiger partial charge in [0.05, 0.1) is 37.1 Å². The van der Waals surface area contributed by atoms with Crippen molar-refractivity contribution in [2.24, 2.45) is 23.7 Å². The lowest BCUT2D eigenvalue weighted by Crippen LogP contribution is -2.28. The summed E-state index contributed by atoms with van der Waals surface area (Å²) < 4.78 is 48.5. The number of aromatic nitrogens is 7. The van der Waals surface area contributed by atoms with Crippen LogP contribution in [0.1, 0.15) is 56.7 Å². The molecule has 0 radical (unpaired) electrons. The standard InChI is InChI=1S/C36H45N9O9P2S/c1-19(2)14-37-36-42-32-27(34(47)43-36)40-18-45(32)35-29-21(4)26(52-35)16-51-56(48,49)54-28-20(3)25(13-23(28)15-50-55(5,57)53-29)44-12-11-24-30(38-17-39-31(24)44)41-33(46)22-9-7-6-8-10-22/h6-12,17-21,23,25-26,28-29,35H,13-16H2,1-5H3,(H,48,49)(H2,37,42,43,47)(H,38,39,41,46)/t20-,21+,23+,25+,26+,28-,29+,35+,55?/m0/s1. The highest BCUT2D eigenvalue weighted by Crippen LogP contribution is 2.57. The summed E-state index contributed by atoms with van der Waals surface area (Å²) in [4.78, 5) is 57.8. The predicted octanol–water partition coefficient (Wildman–Crippen LogP) is 5.47. The molecule has 0 spiro atoms. The molecule has 2 aliphatic heterocycles. The molecule has 1 saturated carbocycles. The fraction of sp³-hybridized carbons (Fsp3) is 0.500. The lowest BCUT2D eigenvalue weighted by Gasteiger charge is -2.30. The number of nitrogens with zero attached hydrogens (tertiary/aromatic N) is 6. The molecule has 3 aliphatic rings. The smallest absolute Gasteiger partial charge is 0.355 e. The van der Waals surface area contributed by atoms with E-state index in [0.717, 1.165) is 0 Å². The zero-order chi connectivity index (χ0) is 40.2. The summed E-state index contributed by atoms with van der Waals surface area (Å²) in [6.45, 7) is 6.95. The average molecular weight is 842 g/mol. The molecule has 57 heavy (non-hydrogen) atoms. The topological polar surface area (TPSA) is 219 Å². The Morgan fingerprint density at radius 3 is 2.60 bits per heavy atom. The molecule has 4 aromatic heterocycles. The van der Waals surface area contributed by atoms with Gasteiger partial charge in [0.1, 0.15) is 23.9 Å². The first kappa shape index (κ1) is 39.9. The van der Waals surface area contributed by atoms with Crippen molar-refractivity contribution < 1.29 is 37.1 Å². The van der Waals surface area contributed by atoms with Crippen molar-refractivity contribution >= 4 is 66.0 Å². The van der Waals surface area contributed by atoms with Gasteiger partial charge >= 0.3 is 7.82 Å². The van der Waals surface area contributed by atoms with Crippen molar-refractivity contribution in [1.82, 2.24) is 34.1 Å². The van der Waals surface area contributed by atoms with E-state index < -0.39 is 56.2 Å². The summed E-state index contributed by atoms with van der Waals surface area (Å²) in [6.07, 6.45) is 2.05. The first-order chi connectivity index (χ1) is 27.2. The van der Waals surface area contributed by atoms with Gasteiger partial charge in [-0.2, -0.15) is 4.98 Å². The first-order valence-electron chi connectivity index (χ1n) is 18.8. The van der Waals surface area contributed by atoms with E-state index in [0.29, 0.717) is 41.3 Å². The maximum atomic E-state index is 13.7. The average Bonchev–Trinajstić information content (AvgIpc) is 3.94. The Hall–Kier alpha value is -3.90. The van der Waals surface area contributed by atoms with E-state index in [1.165, 1.54) is 12.7 Å². The van der Waals surface area contributed by atoms with Crippen LogP contribution in [0.15, 0.2) is 60.0 Å². The van der Waals surface area contributed by atoms with E-state index >= 15 is 0 Å². The third kappa shape index (κ3) is 8.10. The molecule has 5 aromatic rings. The fourth-order valence-corrected chi connectivity index (χ4v) is 10.7. The van der Waals surface area contributed by atoms with Crippen molar-refractivity contribution in [2.45, 2.75) is 64.7 Å². The van der Waals surface area contributed by atoms with Crippen LogP contribution in [-0.4, -0.2) is 89.6 Å². The van der Waals surface area contributed by atoms with Gasteiger partial charge in [-0.15, -0.1) is 0 Å². The quantitative estimate of drug-likeness (QED) is 0.149. The molecule has 2 saturated heterocycles. The van der Waals surface area contributed by atoms with Crippen LogP contribution in [0.2, 0.25) is 0 Å². The second-order valence-corrected chi connectivity index (χ2v) is 20.7. The summed E-state index contributed by atoms with van der Waals surface area (Å²) in [7, 11) is -4.66. The van der Waals surface area contributed by atoms with Crippen LogP contribution in [0.4, 0.5) is 11.8 Å². The lowest BCUT2D eigenvalue weighted by atomic mass is 10.0. The predicted molar refractivity (Wildman–Crippen MR) is 214 cm³/mol. The van der Waals surface area contributed by atoms with Crippen molar-refractivity contribution in [3.05, 3.63) is 71.2 Å².